The Morgan fingerprint density at radius 1 is 0.371 bits per heavy atom. The van der Waals surface area contributed by atoms with Gasteiger partial charge in [-0.05, 0) is 145 Å². The molecule has 0 atom stereocenters. The number of allylic oxidation sites excluding steroid dienone is 10. The molecule has 23 heteroatoms. The van der Waals surface area contributed by atoms with Crippen molar-refractivity contribution in [1.29, 1.82) is 0 Å². The van der Waals surface area contributed by atoms with Crippen molar-refractivity contribution in [3.05, 3.63) is 298 Å². The molecule has 0 amide bonds. The van der Waals surface area contributed by atoms with Gasteiger partial charge in [-0.2, -0.15) is 0 Å². The molecule has 0 heterocycles. The van der Waals surface area contributed by atoms with Gasteiger partial charge in [0.05, 0.1) is 19.6 Å². The molecule has 0 fully saturated rings. The number of phenolic OH excluding ortho intramolecular Hbond substituents is 2. The maximum atomic E-state index is 12.6. The first kappa shape index (κ1) is 74.4. The molecule has 8 aromatic rings. The van der Waals surface area contributed by atoms with Crippen molar-refractivity contribution in [2.75, 3.05) is 36.0 Å². The third-order valence-corrected chi connectivity index (χ3v) is 19.7. The Hall–Kier alpha value is -8.36. The van der Waals surface area contributed by atoms with Gasteiger partial charge in [0.2, 0.25) is 0 Å². The van der Waals surface area contributed by atoms with Gasteiger partial charge in [-0.25, -0.2) is 42.8 Å². The summed E-state index contributed by atoms with van der Waals surface area (Å²) in [6, 6.07) is 57.1. The number of nitrogens with zero attached hydrogens (tertiary/aromatic N) is 4. The van der Waals surface area contributed by atoms with Crippen LogP contribution in [-0.2, 0) is 66.7 Å². The van der Waals surface area contributed by atoms with E-state index in [0.29, 0.717) is 86.8 Å². The van der Waals surface area contributed by atoms with Crippen LogP contribution in [0.1, 0.15) is 72.2 Å². The van der Waals surface area contributed by atoms with Crippen molar-refractivity contribution in [2.24, 2.45) is 0 Å². The van der Waals surface area contributed by atoms with Crippen LogP contribution >= 0.6 is 0 Å². The predicted molar refractivity (Wildman–Crippen MR) is 374 cm³/mol. The Bertz CT molecular complexity index is 4560. The van der Waals surface area contributed by atoms with Crippen molar-refractivity contribution in [2.45, 2.75) is 73.5 Å². The first-order valence-corrected chi connectivity index (χ1v) is 36.3. The number of phenols is 2. The fraction of sp³-hybridized carbons (Fsp3) is 0.162. The molecule has 10 rings (SSSR count). The van der Waals surface area contributed by atoms with Crippen LogP contribution < -0.4 is 9.80 Å². The summed E-state index contributed by atoms with van der Waals surface area (Å²) in [5.41, 5.74) is 10.1. The van der Waals surface area contributed by atoms with Crippen molar-refractivity contribution in [3.8, 4) is 11.5 Å². The minimum atomic E-state index is -5.32. The van der Waals surface area contributed by atoms with Crippen molar-refractivity contribution < 1.29 is 71.2 Å². The third-order valence-electron chi connectivity index (χ3n) is 16.2. The maximum Gasteiger partial charge on any atom is 2.00 e. The number of rotatable bonds is 22. The van der Waals surface area contributed by atoms with E-state index < -0.39 is 71.6 Å². The SMILES string of the molecule is CCN(Cc1ccccc1)c1ccc(C(=C2C=CC(=[N+](CC)Cc3ccccc3)C=C2)c2cc(O)c(S(=O)(=O)[O-])cc2S(=O)(=O)[O-])cc1.CCN(Cc1ccccc1)c1ccc(C(=C2C=CC(=[N+](CC)Cc3ccccc3)C=C2)c2cc(O)c(S(=O)(=O)[O-])cc2S(=O)(=O)[O-])cc1.[Ca+2]. The van der Waals surface area contributed by atoms with Gasteiger partial charge in [0.25, 0.3) is 0 Å². The summed E-state index contributed by atoms with van der Waals surface area (Å²) < 4.78 is 151. The smallest absolute Gasteiger partial charge is 0.744 e. The molecule has 0 spiro atoms. The fourth-order valence-electron chi connectivity index (χ4n) is 11.4. The Morgan fingerprint density at radius 3 is 0.907 bits per heavy atom. The van der Waals surface area contributed by atoms with Crippen LogP contribution in [0.5, 0.6) is 11.5 Å². The molecule has 0 aromatic heterocycles. The van der Waals surface area contributed by atoms with E-state index in [1.54, 1.807) is 48.6 Å². The molecule has 2 aliphatic rings. The molecule has 0 unspecified atom stereocenters. The van der Waals surface area contributed by atoms with Gasteiger partial charge in [0.15, 0.2) is 24.5 Å². The summed E-state index contributed by atoms with van der Waals surface area (Å²) in [7, 11) is -21.2. The van der Waals surface area contributed by atoms with Crippen LogP contribution in [0.3, 0.4) is 0 Å². The summed E-state index contributed by atoms with van der Waals surface area (Å²) in [6.07, 6.45) is 14.6. The molecule has 0 aliphatic heterocycles. The fourth-order valence-corrected chi connectivity index (χ4v) is 14.1. The molecule has 0 radical (unpaired) electrons. The average Bonchev–Trinajstić information content (AvgIpc) is 0.766. The Labute approximate surface area is 597 Å². The Kier molecular flexibility index (Phi) is 25.2. The van der Waals surface area contributed by atoms with E-state index in [9.17, 15) is 62.1 Å². The second-order valence-electron chi connectivity index (χ2n) is 22.4. The topological polar surface area (TPSA) is 282 Å². The van der Waals surface area contributed by atoms with E-state index in [-0.39, 0.29) is 60.0 Å². The van der Waals surface area contributed by atoms with E-state index in [2.05, 4.69) is 19.0 Å². The maximum absolute atomic E-state index is 12.6. The van der Waals surface area contributed by atoms with Gasteiger partial charge in [0, 0.05) is 84.1 Å². The molecule has 496 valence electrons. The molecule has 2 aliphatic carbocycles. The van der Waals surface area contributed by atoms with Crippen LogP contribution in [0.25, 0.3) is 11.1 Å². The zero-order valence-corrected chi connectivity index (χ0v) is 59.1. The molecule has 8 aromatic carbocycles. The summed E-state index contributed by atoms with van der Waals surface area (Å²) in [5.74, 6) is -1.92. The number of aromatic hydroxyl groups is 2. The molecule has 0 bridgehead atoms. The van der Waals surface area contributed by atoms with Gasteiger partial charge in [-0.1, -0.05) is 146 Å². The van der Waals surface area contributed by atoms with Gasteiger partial charge in [-0.3, -0.25) is 0 Å². The summed E-state index contributed by atoms with van der Waals surface area (Å²) >= 11 is 0. The summed E-state index contributed by atoms with van der Waals surface area (Å²) in [6.45, 7) is 13.6. The monoisotopic (exact) mass is 1410 g/mol. The Morgan fingerprint density at radius 2 is 0.649 bits per heavy atom. The third kappa shape index (κ3) is 19.1. The summed E-state index contributed by atoms with van der Waals surface area (Å²) in [4.78, 5) is 0.0714. The standard InChI is InChI=1S/2C37H36N2O7S2.Ca/c2*1-3-38(25-27-11-7-5-8-12-27)31-19-15-29(16-20-31)37(33-23-34(40)36(48(44,45)46)24-35(33)47(41,42)43)30-17-21-32(22-18-30)39(4-2)26-28-13-9-6-10-14-28;/h2*5-24H,3-4,25-26H2,1-2H3,(H2-,40,41,42,43,44,45,46);/q;;+2/p-2. The molecular formula is C74H70CaN4O14S4. The Balaban J connectivity index is 0.000000245. The molecule has 18 nitrogen and oxygen atoms in total. The van der Waals surface area contributed by atoms with E-state index >= 15 is 0 Å². The number of hydrogen-bond donors (Lipinski definition) is 2. The van der Waals surface area contributed by atoms with Crippen molar-refractivity contribution >= 4 is 112 Å². The van der Waals surface area contributed by atoms with Crippen molar-refractivity contribution in [1.82, 2.24) is 0 Å². The average molecular weight is 1410 g/mol. The van der Waals surface area contributed by atoms with Gasteiger partial charge < -0.3 is 38.2 Å². The predicted octanol–water partition coefficient (Wildman–Crippen LogP) is 11.3. The van der Waals surface area contributed by atoms with Gasteiger partial charge >= 0.3 is 37.7 Å². The first-order chi connectivity index (χ1) is 45.8. The van der Waals surface area contributed by atoms with E-state index in [4.69, 9.17) is 0 Å². The molecule has 0 saturated carbocycles. The number of benzene rings is 8. The van der Waals surface area contributed by atoms with Crippen LogP contribution in [0.2, 0.25) is 0 Å². The van der Waals surface area contributed by atoms with E-state index in [1.807, 2.05) is 198 Å². The minimum Gasteiger partial charge on any atom is -0.744 e. The minimum absolute atomic E-state index is 0. The van der Waals surface area contributed by atoms with Crippen molar-refractivity contribution in [3.63, 3.8) is 0 Å². The van der Waals surface area contributed by atoms with E-state index in [0.717, 1.165) is 57.2 Å². The molecule has 0 saturated heterocycles. The summed E-state index contributed by atoms with van der Waals surface area (Å²) in [5, 5.41) is 21.3. The van der Waals surface area contributed by atoms with Crippen LogP contribution in [-0.4, -0.2) is 147 Å². The normalized spacial score (nSPS) is 12.9. The van der Waals surface area contributed by atoms with Crippen LogP contribution in [0.15, 0.2) is 273 Å². The second-order valence-corrected chi connectivity index (χ2v) is 27.8. The number of anilines is 2. The van der Waals surface area contributed by atoms with Crippen LogP contribution in [0, 0.1) is 0 Å². The van der Waals surface area contributed by atoms with Gasteiger partial charge in [-0.15, -0.1) is 0 Å². The quantitative estimate of drug-likeness (QED) is 0.0362. The first-order valence-electron chi connectivity index (χ1n) is 30.7. The van der Waals surface area contributed by atoms with Crippen LogP contribution in [0.4, 0.5) is 11.4 Å². The molecule has 2 N–H and O–H groups in total. The second kappa shape index (κ2) is 32.8. The molecule has 97 heavy (non-hydrogen) atoms. The zero-order valence-electron chi connectivity index (χ0n) is 53.7. The zero-order chi connectivity index (χ0) is 69.0. The molecular weight excluding hydrogens is 1340 g/mol. The number of hydrogen-bond acceptors (Lipinski definition) is 16. The van der Waals surface area contributed by atoms with Gasteiger partial charge in [0.1, 0.15) is 65.1 Å². The largest absolute Gasteiger partial charge is 2.00 e. The van der Waals surface area contributed by atoms with E-state index in [1.165, 1.54) is 0 Å².